The van der Waals surface area contributed by atoms with Gasteiger partial charge in [0.05, 0.1) is 41.9 Å². The van der Waals surface area contributed by atoms with Crippen LogP contribution in [0.3, 0.4) is 0 Å². The van der Waals surface area contributed by atoms with Crippen molar-refractivity contribution in [3.05, 3.63) is 70.1 Å². The molecule has 0 saturated carbocycles. The second-order valence-corrected chi connectivity index (χ2v) is 8.72. The number of carbonyl (C=O) groups is 1. The summed E-state index contributed by atoms with van der Waals surface area (Å²) in [5, 5.41) is 8.20. The molecule has 32 heavy (non-hydrogen) atoms. The van der Waals surface area contributed by atoms with Gasteiger partial charge in [-0.2, -0.15) is 5.10 Å². The third kappa shape index (κ3) is 4.79. The lowest BCUT2D eigenvalue weighted by Gasteiger charge is -2.36. The van der Waals surface area contributed by atoms with E-state index in [0.717, 1.165) is 30.2 Å². The normalized spacial score (nSPS) is 18.6. The van der Waals surface area contributed by atoms with Crippen molar-refractivity contribution in [1.82, 2.24) is 14.8 Å². The Balaban J connectivity index is 1.47. The maximum atomic E-state index is 13.0. The zero-order valence-electron chi connectivity index (χ0n) is 18.8. The smallest absolute Gasteiger partial charge is 0.259 e. The van der Waals surface area contributed by atoms with E-state index in [-0.39, 0.29) is 18.1 Å². The zero-order chi connectivity index (χ0) is 22.8. The summed E-state index contributed by atoms with van der Waals surface area (Å²) in [6.07, 6.45) is 2.01. The third-order valence-electron chi connectivity index (χ3n) is 5.64. The molecule has 4 rings (SSSR count). The van der Waals surface area contributed by atoms with E-state index in [1.807, 2.05) is 54.9 Å². The van der Waals surface area contributed by atoms with Crippen LogP contribution in [-0.4, -0.2) is 46.0 Å². The number of carbonyl (C=O) groups excluding carboxylic acids is 1. The van der Waals surface area contributed by atoms with Crippen LogP contribution in [0.25, 0.3) is 0 Å². The largest absolute Gasteiger partial charge is 0.372 e. The molecule has 0 aliphatic carbocycles. The summed E-state index contributed by atoms with van der Waals surface area (Å²) in [4.78, 5) is 19.8. The van der Waals surface area contributed by atoms with Crippen molar-refractivity contribution in [2.75, 3.05) is 23.3 Å². The molecule has 1 amide bonds. The molecule has 0 bridgehead atoms. The minimum atomic E-state index is -0.200. The molecule has 1 aliphatic rings. The van der Waals surface area contributed by atoms with Crippen molar-refractivity contribution < 1.29 is 9.53 Å². The number of halogens is 1. The standard InChI is InChI=1S/C24H28ClN5O2/c1-15-12-29(13-16(2)32-15)22-10-9-20(11-26-22)27-24(31)23-17(3)28-30(18(23)4)14-19-7-5-6-8-21(19)25/h5-11,15-16H,12-14H2,1-4H3,(H,27,31). The van der Waals surface area contributed by atoms with Crippen LogP contribution in [-0.2, 0) is 11.3 Å². The van der Waals surface area contributed by atoms with Crippen molar-refractivity contribution in [2.45, 2.75) is 46.4 Å². The first-order chi connectivity index (χ1) is 15.3. The van der Waals surface area contributed by atoms with Crippen molar-refractivity contribution in [3.8, 4) is 0 Å². The zero-order valence-corrected chi connectivity index (χ0v) is 19.6. The fourth-order valence-electron chi connectivity index (χ4n) is 4.17. The highest BCUT2D eigenvalue weighted by Gasteiger charge is 2.23. The Morgan fingerprint density at radius 1 is 1.16 bits per heavy atom. The van der Waals surface area contributed by atoms with Crippen molar-refractivity contribution in [2.24, 2.45) is 0 Å². The SMILES string of the molecule is Cc1nn(Cc2ccccc2Cl)c(C)c1C(=O)Nc1ccc(N2CC(C)OC(C)C2)nc1. The minimum Gasteiger partial charge on any atom is -0.372 e. The summed E-state index contributed by atoms with van der Waals surface area (Å²) >= 11 is 6.29. The molecule has 7 nitrogen and oxygen atoms in total. The Morgan fingerprint density at radius 2 is 1.88 bits per heavy atom. The molecular weight excluding hydrogens is 426 g/mol. The molecule has 0 radical (unpaired) electrons. The molecule has 1 aliphatic heterocycles. The number of aryl methyl sites for hydroxylation is 1. The molecule has 0 spiro atoms. The van der Waals surface area contributed by atoms with E-state index in [0.29, 0.717) is 28.5 Å². The molecule has 1 fully saturated rings. The lowest BCUT2D eigenvalue weighted by molar-refractivity contribution is -0.00545. The molecule has 2 atom stereocenters. The van der Waals surface area contributed by atoms with Gasteiger partial charge >= 0.3 is 0 Å². The van der Waals surface area contributed by atoms with E-state index < -0.39 is 0 Å². The number of ether oxygens (including phenoxy) is 1. The van der Waals surface area contributed by atoms with Gasteiger partial charge in [0, 0.05) is 23.8 Å². The Morgan fingerprint density at radius 3 is 2.53 bits per heavy atom. The Bertz CT molecular complexity index is 1100. The fraction of sp³-hybridized carbons (Fsp3) is 0.375. The fourth-order valence-corrected chi connectivity index (χ4v) is 4.37. The molecular formula is C24H28ClN5O2. The summed E-state index contributed by atoms with van der Waals surface area (Å²) in [6, 6.07) is 11.5. The van der Waals surface area contributed by atoms with E-state index in [2.05, 4.69) is 34.1 Å². The highest BCUT2D eigenvalue weighted by Crippen LogP contribution is 2.22. The van der Waals surface area contributed by atoms with E-state index in [1.54, 1.807) is 6.20 Å². The van der Waals surface area contributed by atoms with Crippen molar-refractivity contribution >= 4 is 29.0 Å². The van der Waals surface area contributed by atoms with Crippen LogP contribution < -0.4 is 10.2 Å². The van der Waals surface area contributed by atoms with Gasteiger partial charge in [-0.1, -0.05) is 29.8 Å². The van der Waals surface area contributed by atoms with Gasteiger partial charge < -0.3 is 15.0 Å². The van der Waals surface area contributed by atoms with Crippen LogP contribution in [0.5, 0.6) is 0 Å². The number of rotatable bonds is 5. The second kappa shape index (κ2) is 9.30. The number of pyridine rings is 1. The average Bonchev–Trinajstić information content (AvgIpc) is 3.02. The third-order valence-corrected chi connectivity index (χ3v) is 6.00. The molecule has 8 heteroatoms. The summed E-state index contributed by atoms with van der Waals surface area (Å²) in [5.74, 6) is 0.679. The number of benzene rings is 1. The van der Waals surface area contributed by atoms with Gasteiger partial charge in [0.15, 0.2) is 0 Å². The number of anilines is 2. The number of nitrogens with zero attached hydrogens (tertiary/aromatic N) is 4. The van der Waals surface area contributed by atoms with E-state index in [9.17, 15) is 4.79 Å². The Kier molecular flexibility index (Phi) is 6.48. The number of nitrogens with one attached hydrogen (secondary N) is 1. The maximum absolute atomic E-state index is 13.0. The first-order valence-electron chi connectivity index (χ1n) is 10.8. The number of amides is 1. The summed E-state index contributed by atoms with van der Waals surface area (Å²) < 4.78 is 7.60. The summed E-state index contributed by atoms with van der Waals surface area (Å²) in [7, 11) is 0. The quantitative estimate of drug-likeness (QED) is 0.617. The number of hydrogen-bond acceptors (Lipinski definition) is 5. The second-order valence-electron chi connectivity index (χ2n) is 8.32. The number of hydrogen-bond donors (Lipinski definition) is 1. The van der Waals surface area contributed by atoms with Crippen LogP contribution in [0.15, 0.2) is 42.6 Å². The Labute approximate surface area is 193 Å². The maximum Gasteiger partial charge on any atom is 0.259 e. The number of aromatic nitrogens is 3. The van der Waals surface area contributed by atoms with Gasteiger partial charge in [-0.05, 0) is 51.5 Å². The Hall–Kier alpha value is -2.90. The van der Waals surface area contributed by atoms with Crippen molar-refractivity contribution in [3.63, 3.8) is 0 Å². The van der Waals surface area contributed by atoms with E-state index in [1.165, 1.54) is 0 Å². The molecule has 2 unspecified atom stereocenters. The lowest BCUT2D eigenvalue weighted by atomic mass is 10.1. The molecule has 1 N–H and O–H groups in total. The highest BCUT2D eigenvalue weighted by atomic mass is 35.5. The van der Waals surface area contributed by atoms with Gasteiger partial charge in [-0.25, -0.2) is 4.98 Å². The molecule has 3 heterocycles. The predicted molar refractivity (Wildman–Crippen MR) is 127 cm³/mol. The summed E-state index contributed by atoms with van der Waals surface area (Å²) in [6.45, 7) is 9.97. The lowest BCUT2D eigenvalue weighted by Crippen LogP contribution is -2.45. The minimum absolute atomic E-state index is 0.160. The molecule has 3 aromatic rings. The monoisotopic (exact) mass is 453 g/mol. The molecule has 1 aromatic carbocycles. The van der Waals surface area contributed by atoms with Crippen LogP contribution in [0, 0.1) is 13.8 Å². The average molecular weight is 454 g/mol. The first kappa shape index (κ1) is 22.3. The van der Waals surface area contributed by atoms with Gasteiger partial charge in [0.25, 0.3) is 5.91 Å². The predicted octanol–water partition coefficient (Wildman–Crippen LogP) is 4.46. The summed E-state index contributed by atoms with van der Waals surface area (Å²) in [5.41, 5.74) is 3.63. The number of morpholine rings is 1. The van der Waals surface area contributed by atoms with Gasteiger partial charge in [0.2, 0.25) is 0 Å². The topological polar surface area (TPSA) is 72.3 Å². The highest BCUT2D eigenvalue weighted by molar-refractivity contribution is 6.31. The first-order valence-corrected chi connectivity index (χ1v) is 11.1. The van der Waals surface area contributed by atoms with Crippen LogP contribution >= 0.6 is 11.6 Å². The molecule has 2 aromatic heterocycles. The van der Waals surface area contributed by atoms with Gasteiger partial charge in [-0.3, -0.25) is 9.48 Å². The van der Waals surface area contributed by atoms with Crippen LogP contribution in [0.4, 0.5) is 11.5 Å². The van der Waals surface area contributed by atoms with Crippen LogP contribution in [0.1, 0.15) is 41.2 Å². The molecule has 168 valence electrons. The molecule has 1 saturated heterocycles. The van der Waals surface area contributed by atoms with E-state index >= 15 is 0 Å². The van der Waals surface area contributed by atoms with Crippen LogP contribution in [0.2, 0.25) is 5.02 Å². The van der Waals surface area contributed by atoms with Gasteiger partial charge in [0.1, 0.15) is 5.82 Å². The van der Waals surface area contributed by atoms with Crippen molar-refractivity contribution in [1.29, 1.82) is 0 Å². The van der Waals surface area contributed by atoms with Gasteiger partial charge in [-0.15, -0.1) is 0 Å². The van der Waals surface area contributed by atoms with E-state index in [4.69, 9.17) is 16.3 Å².